The van der Waals surface area contributed by atoms with Crippen LogP contribution in [0.3, 0.4) is 0 Å². The minimum atomic E-state index is -0.344. The van der Waals surface area contributed by atoms with E-state index in [-0.39, 0.29) is 29.8 Å². The normalized spacial score (nSPS) is 10.4. The minimum absolute atomic E-state index is 0.204. The monoisotopic (exact) mass is 453 g/mol. The van der Waals surface area contributed by atoms with E-state index in [4.69, 9.17) is 14.2 Å². The highest BCUT2D eigenvalue weighted by atomic mass is 16.5. The van der Waals surface area contributed by atoms with E-state index >= 15 is 0 Å². The molecule has 0 aliphatic rings. The molecule has 0 fully saturated rings. The van der Waals surface area contributed by atoms with Crippen LogP contribution in [0.25, 0.3) is 0 Å². The second kappa shape index (κ2) is 11.0. The van der Waals surface area contributed by atoms with E-state index in [1.165, 1.54) is 32.2 Å². The Morgan fingerprint density at radius 3 is 2.30 bits per heavy atom. The van der Waals surface area contributed by atoms with Crippen LogP contribution in [0.1, 0.15) is 32.0 Å². The molecule has 10 heteroatoms. The Labute approximate surface area is 191 Å². The summed E-state index contributed by atoms with van der Waals surface area (Å²) < 4.78 is 17.4. The van der Waals surface area contributed by atoms with Crippen molar-refractivity contribution in [3.8, 4) is 17.2 Å². The molecule has 0 atom stereocenters. The van der Waals surface area contributed by atoms with Gasteiger partial charge in [-0.25, -0.2) is 4.68 Å². The maximum absolute atomic E-state index is 12.6. The number of aryl methyl sites for hydroxylation is 1. The Morgan fingerprint density at radius 1 is 0.909 bits per heavy atom. The van der Waals surface area contributed by atoms with Crippen LogP contribution in [-0.2, 0) is 13.1 Å². The van der Waals surface area contributed by atoms with Gasteiger partial charge in [-0.05, 0) is 24.6 Å². The number of hydrogen-bond acceptors (Lipinski definition) is 7. The van der Waals surface area contributed by atoms with Gasteiger partial charge < -0.3 is 24.8 Å². The highest BCUT2D eigenvalue weighted by Gasteiger charge is 2.20. The molecule has 3 rings (SSSR count). The molecule has 10 nitrogen and oxygen atoms in total. The van der Waals surface area contributed by atoms with Gasteiger partial charge in [0.2, 0.25) is 5.75 Å². The standard InChI is InChI=1S/C23H27N5O5/c1-15-5-7-16(8-6-15)13-25-23(30)18-14-28(27-26-18)12-11-24-22(29)17-9-10-19(31-2)21(33-4)20(17)32-3/h5-10,14H,11-13H2,1-4H3,(H,24,29)(H,25,30). The molecule has 0 radical (unpaired) electrons. The molecule has 174 valence electrons. The number of nitrogens with zero attached hydrogens (tertiary/aromatic N) is 3. The number of carbonyl (C=O) groups is 2. The van der Waals surface area contributed by atoms with Crippen molar-refractivity contribution in [2.75, 3.05) is 27.9 Å². The molecule has 0 aliphatic carbocycles. The average molecular weight is 453 g/mol. The van der Waals surface area contributed by atoms with Crippen LogP contribution in [0.2, 0.25) is 0 Å². The zero-order chi connectivity index (χ0) is 23.8. The summed E-state index contributed by atoms with van der Waals surface area (Å²) in [4.78, 5) is 25.0. The maximum atomic E-state index is 12.6. The van der Waals surface area contributed by atoms with Gasteiger partial charge in [0.05, 0.1) is 39.6 Å². The Bertz CT molecular complexity index is 1110. The number of methoxy groups -OCH3 is 3. The SMILES string of the molecule is COc1ccc(C(=O)NCCn2cc(C(=O)NCc3ccc(C)cc3)nn2)c(OC)c1OC. The van der Waals surface area contributed by atoms with E-state index in [0.717, 1.165) is 11.1 Å². The van der Waals surface area contributed by atoms with E-state index in [1.54, 1.807) is 12.1 Å². The molecule has 0 saturated heterocycles. The van der Waals surface area contributed by atoms with Crippen LogP contribution in [-0.4, -0.2) is 54.7 Å². The van der Waals surface area contributed by atoms with Crippen LogP contribution in [0.5, 0.6) is 17.2 Å². The molecule has 0 unspecified atom stereocenters. The van der Waals surface area contributed by atoms with Gasteiger partial charge in [-0.3, -0.25) is 9.59 Å². The highest BCUT2D eigenvalue weighted by molar-refractivity contribution is 5.98. The molecular weight excluding hydrogens is 426 g/mol. The van der Waals surface area contributed by atoms with Crippen molar-refractivity contribution >= 4 is 11.8 Å². The molecule has 0 spiro atoms. The zero-order valence-electron chi connectivity index (χ0n) is 19.0. The molecule has 0 saturated carbocycles. The lowest BCUT2D eigenvalue weighted by Crippen LogP contribution is -2.28. The van der Waals surface area contributed by atoms with E-state index in [1.807, 2.05) is 31.2 Å². The molecule has 33 heavy (non-hydrogen) atoms. The molecule has 0 bridgehead atoms. The summed E-state index contributed by atoms with van der Waals surface area (Å²) in [6.07, 6.45) is 1.54. The molecule has 1 heterocycles. The number of hydrogen-bond donors (Lipinski definition) is 2. The van der Waals surface area contributed by atoms with Crippen molar-refractivity contribution in [2.24, 2.45) is 0 Å². The van der Waals surface area contributed by atoms with Gasteiger partial charge in [0.1, 0.15) is 0 Å². The molecule has 2 amide bonds. The summed E-state index contributed by atoms with van der Waals surface area (Å²) in [6.45, 7) is 3.01. The van der Waals surface area contributed by atoms with Gasteiger partial charge in [-0.1, -0.05) is 35.0 Å². The fourth-order valence-corrected chi connectivity index (χ4v) is 3.15. The van der Waals surface area contributed by atoms with E-state index in [2.05, 4.69) is 20.9 Å². The first-order chi connectivity index (χ1) is 16.0. The van der Waals surface area contributed by atoms with E-state index in [9.17, 15) is 9.59 Å². The van der Waals surface area contributed by atoms with E-state index < -0.39 is 0 Å². The molecular formula is C23H27N5O5. The smallest absolute Gasteiger partial charge is 0.273 e. The maximum Gasteiger partial charge on any atom is 0.273 e. The largest absolute Gasteiger partial charge is 0.493 e. The quantitative estimate of drug-likeness (QED) is 0.482. The summed E-state index contributed by atoms with van der Waals surface area (Å²) in [5.74, 6) is 0.416. The summed E-state index contributed by atoms with van der Waals surface area (Å²) in [5, 5.41) is 13.5. The van der Waals surface area contributed by atoms with Crippen molar-refractivity contribution in [2.45, 2.75) is 20.0 Å². The van der Waals surface area contributed by atoms with Gasteiger partial charge >= 0.3 is 0 Å². The summed E-state index contributed by atoms with van der Waals surface area (Å²) in [6, 6.07) is 11.1. The second-order valence-corrected chi connectivity index (χ2v) is 7.17. The minimum Gasteiger partial charge on any atom is -0.493 e. The summed E-state index contributed by atoms with van der Waals surface area (Å²) in [7, 11) is 4.43. The van der Waals surface area contributed by atoms with Crippen LogP contribution < -0.4 is 24.8 Å². The topological polar surface area (TPSA) is 117 Å². The van der Waals surface area contributed by atoms with Gasteiger partial charge in [0, 0.05) is 13.1 Å². The first-order valence-corrected chi connectivity index (χ1v) is 10.3. The number of nitrogens with one attached hydrogen (secondary N) is 2. The number of aromatic nitrogens is 3. The second-order valence-electron chi connectivity index (χ2n) is 7.17. The summed E-state index contributed by atoms with van der Waals surface area (Å²) >= 11 is 0. The molecule has 2 aromatic carbocycles. The molecule has 1 aromatic heterocycles. The number of ether oxygens (including phenoxy) is 3. The lowest BCUT2D eigenvalue weighted by Gasteiger charge is -2.15. The zero-order valence-corrected chi connectivity index (χ0v) is 19.0. The van der Waals surface area contributed by atoms with Gasteiger partial charge in [-0.15, -0.1) is 5.10 Å². The van der Waals surface area contributed by atoms with Crippen molar-refractivity contribution in [1.82, 2.24) is 25.6 Å². The fraction of sp³-hybridized carbons (Fsp3) is 0.304. The number of amides is 2. The predicted octanol–water partition coefficient (Wildman–Crippen LogP) is 1.97. The van der Waals surface area contributed by atoms with E-state index in [0.29, 0.717) is 30.2 Å². The lowest BCUT2D eigenvalue weighted by atomic mass is 10.1. The number of carbonyl (C=O) groups excluding carboxylic acids is 2. The van der Waals surface area contributed by atoms with Crippen LogP contribution in [0.4, 0.5) is 0 Å². The van der Waals surface area contributed by atoms with Crippen LogP contribution in [0.15, 0.2) is 42.6 Å². The van der Waals surface area contributed by atoms with Gasteiger partial charge in [0.25, 0.3) is 11.8 Å². The van der Waals surface area contributed by atoms with Crippen molar-refractivity contribution in [1.29, 1.82) is 0 Å². The van der Waals surface area contributed by atoms with Crippen molar-refractivity contribution in [3.63, 3.8) is 0 Å². The fourth-order valence-electron chi connectivity index (χ4n) is 3.15. The van der Waals surface area contributed by atoms with Crippen molar-refractivity contribution in [3.05, 3.63) is 65.0 Å². The number of benzene rings is 2. The first-order valence-electron chi connectivity index (χ1n) is 10.3. The molecule has 3 aromatic rings. The Kier molecular flexibility index (Phi) is 7.85. The van der Waals surface area contributed by atoms with Gasteiger partial charge in [-0.2, -0.15) is 0 Å². The highest BCUT2D eigenvalue weighted by Crippen LogP contribution is 2.39. The van der Waals surface area contributed by atoms with Crippen LogP contribution >= 0.6 is 0 Å². The first kappa shape index (κ1) is 23.6. The third kappa shape index (κ3) is 5.79. The third-order valence-electron chi connectivity index (χ3n) is 4.92. The number of rotatable bonds is 10. The predicted molar refractivity (Wildman–Crippen MR) is 121 cm³/mol. The molecule has 0 aliphatic heterocycles. The Hall–Kier alpha value is -4.08. The Balaban J connectivity index is 1.54. The lowest BCUT2D eigenvalue weighted by molar-refractivity contribution is 0.0938. The van der Waals surface area contributed by atoms with Gasteiger partial charge in [0.15, 0.2) is 17.2 Å². The summed E-state index contributed by atoms with van der Waals surface area (Å²) in [5.41, 5.74) is 2.67. The van der Waals surface area contributed by atoms with Crippen LogP contribution in [0, 0.1) is 6.92 Å². The average Bonchev–Trinajstić information content (AvgIpc) is 3.31. The molecule has 2 N–H and O–H groups in total. The van der Waals surface area contributed by atoms with Crippen molar-refractivity contribution < 1.29 is 23.8 Å². The Morgan fingerprint density at radius 2 is 1.64 bits per heavy atom. The third-order valence-corrected chi connectivity index (χ3v) is 4.92.